The number of pyridine rings is 1. The zero-order chi connectivity index (χ0) is 31.9. The lowest BCUT2D eigenvalue weighted by Gasteiger charge is -2.38. The molecule has 3 heterocycles. The Hall–Kier alpha value is -3.93. The second-order valence-corrected chi connectivity index (χ2v) is 12.0. The van der Waals surface area contributed by atoms with Gasteiger partial charge in [-0.25, -0.2) is 9.18 Å². The van der Waals surface area contributed by atoms with Gasteiger partial charge in [0.15, 0.2) is 11.6 Å². The summed E-state index contributed by atoms with van der Waals surface area (Å²) in [6.45, 7) is 3.97. The third-order valence-corrected chi connectivity index (χ3v) is 8.56. The minimum atomic E-state index is -4.27. The van der Waals surface area contributed by atoms with Crippen LogP contribution in [0.15, 0.2) is 65.6 Å². The number of benzene rings is 3. The van der Waals surface area contributed by atoms with Gasteiger partial charge in [0.05, 0.1) is 5.39 Å². The molecule has 0 bridgehead atoms. The largest absolute Gasteiger partial charge is 0.487 e. The molecule has 0 spiro atoms. The van der Waals surface area contributed by atoms with Crippen LogP contribution in [0.2, 0.25) is 5.02 Å². The van der Waals surface area contributed by atoms with Gasteiger partial charge in [-0.3, -0.25) is 9.69 Å². The number of hydrogen-bond acceptors (Lipinski definition) is 6. The van der Waals surface area contributed by atoms with Crippen molar-refractivity contribution in [2.75, 3.05) is 49.1 Å². The van der Waals surface area contributed by atoms with Gasteiger partial charge in [0.1, 0.15) is 16.8 Å². The third kappa shape index (κ3) is 6.56. The summed E-state index contributed by atoms with van der Waals surface area (Å²) in [7, 11) is 0. The summed E-state index contributed by atoms with van der Waals surface area (Å²) >= 11 is 11.3. The topological polar surface area (TPSA) is 78.2 Å². The smallest absolute Gasteiger partial charge is 0.477 e. The molecule has 236 valence electrons. The fourth-order valence-electron chi connectivity index (χ4n) is 6.08. The van der Waals surface area contributed by atoms with E-state index in [9.17, 15) is 23.5 Å². The highest BCUT2D eigenvalue weighted by Gasteiger charge is 2.35. The molecule has 0 radical (unpaired) electrons. The summed E-state index contributed by atoms with van der Waals surface area (Å²) in [5, 5.41) is 9.96. The molecular weight excluding hydrogens is 632 g/mol. The molecule has 1 aromatic heterocycles. The lowest BCUT2D eigenvalue weighted by molar-refractivity contribution is -0.0955. The Bertz CT molecular complexity index is 1780. The van der Waals surface area contributed by atoms with Crippen LogP contribution in [0.3, 0.4) is 0 Å². The lowest BCUT2D eigenvalue weighted by atomic mass is 10.1. The molecule has 45 heavy (non-hydrogen) atoms. The zero-order valence-electron chi connectivity index (χ0n) is 24.0. The van der Waals surface area contributed by atoms with Crippen LogP contribution >= 0.6 is 23.2 Å². The van der Waals surface area contributed by atoms with Crippen LogP contribution in [0.4, 0.5) is 24.5 Å². The average molecular weight is 662 g/mol. The number of anilines is 2. The maximum Gasteiger partial charge on any atom is 0.487 e. The van der Waals surface area contributed by atoms with Gasteiger partial charge < -0.3 is 24.2 Å². The van der Waals surface area contributed by atoms with Crippen molar-refractivity contribution >= 4 is 51.4 Å². The van der Waals surface area contributed by atoms with E-state index in [1.165, 1.54) is 4.57 Å². The van der Waals surface area contributed by atoms with E-state index in [0.717, 1.165) is 56.0 Å². The standard InChI is InChI=1S/C32H29Cl2F3N4O4/c33-21-5-9-22(10-6-21)39-13-15-40(16-14-39)28-26(35)17-24-27(30(28)45-32(34,36)37)41(19-25(29(24)42)31(43)44)23-7-3-20(4-8-23)18-38-11-1-2-12-38/h3-10,17,19H,1-2,11-16,18H2,(H,43,44). The van der Waals surface area contributed by atoms with Gasteiger partial charge in [-0.05, 0) is 74.0 Å². The number of fused-ring (bicyclic) bond motifs is 1. The van der Waals surface area contributed by atoms with Gasteiger partial charge >= 0.3 is 11.5 Å². The Labute approximate surface area is 266 Å². The van der Waals surface area contributed by atoms with E-state index in [1.807, 2.05) is 29.2 Å². The normalized spacial score (nSPS) is 16.0. The number of ether oxygens (including phenoxy) is 1. The van der Waals surface area contributed by atoms with Crippen LogP contribution in [0.1, 0.15) is 28.8 Å². The Kier molecular flexibility index (Phi) is 8.60. The first-order valence-corrected chi connectivity index (χ1v) is 15.2. The number of carbonyl (C=O) groups is 1. The molecule has 4 aromatic rings. The molecule has 6 rings (SSSR count). The highest BCUT2D eigenvalue weighted by Crippen LogP contribution is 2.43. The van der Waals surface area contributed by atoms with E-state index >= 15 is 4.39 Å². The summed E-state index contributed by atoms with van der Waals surface area (Å²) in [6, 6.07) is 15.2. The van der Waals surface area contributed by atoms with Gasteiger partial charge in [-0.1, -0.05) is 23.7 Å². The first-order chi connectivity index (χ1) is 21.5. The maximum absolute atomic E-state index is 16.0. The SMILES string of the molecule is O=C(O)c1cn(-c2ccc(CN3CCCC3)cc2)c2c(OC(F)(F)Cl)c(N3CCN(c4ccc(Cl)cc4)CC3)c(F)cc2c1=O. The summed E-state index contributed by atoms with van der Waals surface area (Å²) in [5.41, 5.74) is -4.25. The molecule has 0 amide bonds. The average Bonchev–Trinajstić information content (AvgIpc) is 3.51. The number of aromatic carboxylic acids is 1. The molecule has 2 aliphatic rings. The third-order valence-electron chi connectivity index (χ3n) is 8.23. The minimum absolute atomic E-state index is 0.220. The van der Waals surface area contributed by atoms with Crippen molar-refractivity contribution < 1.29 is 27.8 Å². The fraction of sp³-hybridized carbons (Fsp3) is 0.312. The first kappa shape index (κ1) is 31.1. The summed E-state index contributed by atoms with van der Waals surface area (Å²) < 4.78 is 51.0. The van der Waals surface area contributed by atoms with Crippen LogP contribution in [-0.4, -0.2) is 65.4 Å². The summed E-state index contributed by atoms with van der Waals surface area (Å²) in [5.74, 6) is -3.24. The van der Waals surface area contributed by atoms with E-state index in [4.69, 9.17) is 27.9 Å². The second kappa shape index (κ2) is 12.5. The van der Waals surface area contributed by atoms with E-state index in [0.29, 0.717) is 23.8 Å². The minimum Gasteiger partial charge on any atom is -0.477 e. The molecule has 2 saturated heterocycles. The summed E-state index contributed by atoms with van der Waals surface area (Å²) in [4.78, 5) is 31.3. The molecule has 0 unspecified atom stereocenters. The molecule has 1 N–H and O–H groups in total. The molecule has 2 fully saturated rings. The van der Waals surface area contributed by atoms with Gasteiger partial charge in [0, 0.05) is 66.9 Å². The van der Waals surface area contributed by atoms with Gasteiger partial charge in [0.2, 0.25) is 5.43 Å². The molecule has 13 heteroatoms. The van der Waals surface area contributed by atoms with Crippen molar-refractivity contribution in [3.8, 4) is 11.4 Å². The number of aromatic nitrogens is 1. The Morgan fingerprint density at radius 1 is 0.911 bits per heavy atom. The predicted molar refractivity (Wildman–Crippen MR) is 168 cm³/mol. The number of rotatable bonds is 8. The van der Waals surface area contributed by atoms with Crippen molar-refractivity contribution in [2.24, 2.45) is 0 Å². The van der Waals surface area contributed by atoms with Crippen molar-refractivity contribution in [1.82, 2.24) is 9.47 Å². The van der Waals surface area contributed by atoms with Gasteiger partial charge in [-0.15, -0.1) is 8.78 Å². The quantitative estimate of drug-likeness (QED) is 0.214. The van der Waals surface area contributed by atoms with Crippen molar-refractivity contribution in [1.29, 1.82) is 0 Å². The van der Waals surface area contributed by atoms with Crippen LogP contribution < -0.4 is 20.0 Å². The number of piperazine rings is 1. The summed E-state index contributed by atoms with van der Waals surface area (Å²) in [6.07, 6.45) is 3.30. The number of alkyl halides is 3. The van der Waals surface area contributed by atoms with Crippen LogP contribution in [-0.2, 0) is 6.54 Å². The Morgan fingerprint density at radius 3 is 2.11 bits per heavy atom. The van der Waals surface area contributed by atoms with Crippen molar-refractivity contribution in [3.05, 3.63) is 93.0 Å². The van der Waals surface area contributed by atoms with Crippen molar-refractivity contribution in [2.45, 2.75) is 25.0 Å². The lowest BCUT2D eigenvalue weighted by Crippen LogP contribution is -2.47. The number of likely N-dealkylation sites (tertiary alicyclic amines) is 1. The number of hydrogen-bond donors (Lipinski definition) is 1. The Morgan fingerprint density at radius 2 is 1.51 bits per heavy atom. The highest BCUT2D eigenvalue weighted by molar-refractivity contribution is 6.30. The second-order valence-electron chi connectivity index (χ2n) is 11.1. The molecular formula is C32H29Cl2F3N4O4. The van der Waals surface area contributed by atoms with E-state index in [-0.39, 0.29) is 24.3 Å². The number of nitrogens with zero attached hydrogens (tertiary/aromatic N) is 4. The van der Waals surface area contributed by atoms with Gasteiger partial charge in [0.25, 0.3) is 0 Å². The van der Waals surface area contributed by atoms with Crippen LogP contribution in [0, 0.1) is 5.82 Å². The number of carboxylic acid groups (broad SMARTS) is 1. The molecule has 0 atom stereocenters. The van der Waals surface area contributed by atoms with Gasteiger partial charge in [-0.2, -0.15) is 0 Å². The van der Waals surface area contributed by atoms with Crippen molar-refractivity contribution in [3.63, 3.8) is 0 Å². The fourth-order valence-corrected chi connectivity index (χ4v) is 6.28. The molecule has 0 aliphatic carbocycles. The molecule has 2 aliphatic heterocycles. The van der Waals surface area contributed by atoms with E-state index < -0.39 is 39.5 Å². The maximum atomic E-state index is 16.0. The Balaban J connectivity index is 1.47. The van der Waals surface area contributed by atoms with E-state index in [1.54, 1.807) is 29.2 Å². The molecule has 8 nitrogen and oxygen atoms in total. The molecule has 3 aromatic carbocycles. The monoisotopic (exact) mass is 660 g/mol. The zero-order valence-corrected chi connectivity index (χ0v) is 25.5. The number of carboxylic acids is 1. The van der Waals surface area contributed by atoms with E-state index in [2.05, 4.69) is 4.90 Å². The highest BCUT2D eigenvalue weighted by atomic mass is 35.5. The first-order valence-electron chi connectivity index (χ1n) is 14.5. The predicted octanol–water partition coefficient (Wildman–Crippen LogP) is 6.57. The van der Waals surface area contributed by atoms with Crippen LogP contribution in [0.25, 0.3) is 16.6 Å². The number of halogens is 5. The van der Waals surface area contributed by atoms with Crippen LogP contribution in [0.5, 0.6) is 5.75 Å². The molecule has 0 saturated carbocycles.